The van der Waals surface area contributed by atoms with Gasteiger partial charge >= 0.3 is 5.97 Å². The molecule has 4 nitrogen and oxygen atoms in total. The van der Waals surface area contributed by atoms with Crippen LogP contribution in [0.15, 0.2) is 24.4 Å². The summed E-state index contributed by atoms with van der Waals surface area (Å²) in [5.41, 5.74) is 1.05. The molecule has 0 aromatic carbocycles. The van der Waals surface area contributed by atoms with Crippen molar-refractivity contribution in [2.75, 3.05) is 13.1 Å². The number of pyridine rings is 1. The summed E-state index contributed by atoms with van der Waals surface area (Å²) >= 11 is 0. The second-order valence-electron chi connectivity index (χ2n) is 4.40. The van der Waals surface area contributed by atoms with Crippen molar-refractivity contribution in [2.24, 2.45) is 11.8 Å². The Morgan fingerprint density at radius 2 is 2.38 bits per heavy atom. The predicted molar refractivity (Wildman–Crippen MR) is 59.8 cm³/mol. The van der Waals surface area contributed by atoms with E-state index in [1.165, 1.54) is 0 Å². The van der Waals surface area contributed by atoms with Crippen LogP contribution >= 0.6 is 0 Å². The van der Waals surface area contributed by atoms with Crippen LogP contribution in [0.4, 0.5) is 0 Å². The molecule has 0 aliphatic carbocycles. The van der Waals surface area contributed by atoms with Crippen LogP contribution < -0.4 is 0 Å². The van der Waals surface area contributed by atoms with Gasteiger partial charge in [-0.1, -0.05) is 13.0 Å². The molecule has 1 aliphatic rings. The van der Waals surface area contributed by atoms with Crippen molar-refractivity contribution in [1.82, 2.24) is 9.88 Å². The van der Waals surface area contributed by atoms with E-state index in [9.17, 15) is 4.79 Å². The van der Waals surface area contributed by atoms with Gasteiger partial charge in [-0.2, -0.15) is 0 Å². The lowest BCUT2D eigenvalue weighted by atomic mass is 9.87. The van der Waals surface area contributed by atoms with Crippen molar-refractivity contribution in [2.45, 2.75) is 13.5 Å². The number of likely N-dealkylation sites (tertiary alicyclic amines) is 1. The summed E-state index contributed by atoms with van der Waals surface area (Å²) in [6.07, 6.45) is 1.78. The van der Waals surface area contributed by atoms with Crippen molar-refractivity contribution in [3.63, 3.8) is 0 Å². The van der Waals surface area contributed by atoms with Gasteiger partial charge in [0.1, 0.15) is 0 Å². The number of hydrogen-bond donors (Lipinski definition) is 1. The topological polar surface area (TPSA) is 53.4 Å². The average molecular weight is 220 g/mol. The Bertz CT molecular complexity index is 361. The number of rotatable bonds is 4. The van der Waals surface area contributed by atoms with E-state index < -0.39 is 5.97 Å². The lowest BCUT2D eigenvalue weighted by Gasteiger charge is -2.41. The molecule has 1 N–H and O–H groups in total. The Labute approximate surface area is 94.9 Å². The van der Waals surface area contributed by atoms with Crippen molar-refractivity contribution in [1.29, 1.82) is 0 Å². The third-order valence-corrected chi connectivity index (χ3v) is 3.19. The third-order valence-electron chi connectivity index (χ3n) is 3.19. The van der Waals surface area contributed by atoms with Crippen LogP contribution in [0.1, 0.15) is 12.6 Å². The van der Waals surface area contributed by atoms with E-state index in [4.69, 9.17) is 5.11 Å². The number of aromatic nitrogens is 1. The maximum absolute atomic E-state index is 10.8. The van der Waals surface area contributed by atoms with Gasteiger partial charge in [-0.25, -0.2) is 0 Å². The first kappa shape index (κ1) is 11.1. The van der Waals surface area contributed by atoms with Crippen molar-refractivity contribution in [3.8, 4) is 0 Å². The van der Waals surface area contributed by atoms with Crippen LogP contribution in [0, 0.1) is 11.8 Å². The second kappa shape index (κ2) is 4.61. The van der Waals surface area contributed by atoms with E-state index in [-0.39, 0.29) is 5.92 Å². The molecule has 1 atom stereocenters. The first-order chi connectivity index (χ1) is 7.66. The van der Waals surface area contributed by atoms with E-state index in [0.29, 0.717) is 5.92 Å². The van der Waals surface area contributed by atoms with E-state index in [1.54, 1.807) is 13.1 Å². The summed E-state index contributed by atoms with van der Waals surface area (Å²) in [5, 5.41) is 8.86. The molecule has 2 rings (SSSR count). The van der Waals surface area contributed by atoms with Gasteiger partial charge in [-0.15, -0.1) is 0 Å². The molecule has 4 heteroatoms. The molecule has 0 amide bonds. The summed E-state index contributed by atoms with van der Waals surface area (Å²) < 4.78 is 0. The monoisotopic (exact) mass is 220 g/mol. The minimum absolute atomic E-state index is 0.236. The number of carboxylic acids is 1. The van der Waals surface area contributed by atoms with Crippen LogP contribution in [0.5, 0.6) is 0 Å². The van der Waals surface area contributed by atoms with Crippen LogP contribution in [0.3, 0.4) is 0 Å². The average Bonchev–Trinajstić information content (AvgIpc) is 2.23. The van der Waals surface area contributed by atoms with Gasteiger partial charge in [0.2, 0.25) is 0 Å². The fourth-order valence-corrected chi connectivity index (χ4v) is 1.98. The number of carbonyl (C=O) groups is 1. The molecule has 0 saturated carbocycles. The Morgan fingerprint density at radius 3 is 2.94 bits per heavy atom. The van der Waals surface area contributed by atoms with Crippen molar-refractivity contribution < 1.29 is 9.90 Å². The Hall–Kier alpha value is -1.42. The summed E-state index contributed by atoms with van der Waals surface area (Å²) in [4.78, 5) is 17.2. The number of nitrogens with zero attached hydrogens (tertiary/aromatic N) is 2. The highest BCUT2D eigenvalue weighted by Gasteiger charge is 2.34. The fraction of sp³-hybridized carbons (Fsp3) is 0.500. The molecule has 2 heterocycles. The Morgan fingerprint density at radius 1 is 1.62 bits per heavy atom. The molecule has 0 radical (unpaired) electrons. The zero-order valence-electron chi connectivity index (χ0n) is 9.34. The molecule has 1 unspecified atom stereocenters. The SMILES string of the molecule is CC(C(=O)O)C1CN(Cc2ccccn2)C1. The van der Waals surface area contributed by atoms with Crippen LogP contribution in [0.2, 0.25) is 0 Å². The lowest BCUT2D eigenvalue weighted by Crippen LogP contribution is -2.50. The molecule has 1 saturated heterocycles. The molecule has 16 heavy (non-hydrogen) atoms. The minimum atomic E-state index is -0.692. The predicted octanol–water partition coefficient (Wildman–Crippen LogP) is 1.23. The molecule has 1 fully saturated rings. The first-order valence-electron chi connectivity index (χ1n) is 5.52. The summed E-state index contributed by atoms with van der Waals surface area (Å²) in [6.45, 7) is 4.34. The molecular formula is C12H16N2O2. The summed E-state index contributed by atoms with van der Waals surface area (Å²) in [6, 6.07) is 5.86. The number of carboxylic acid groups (broad SMARTS) is 1. The lowest BCUT2D eigenvalue weighted by molar-refractivity contribution is -0.145. The molecule has 1 aliphatic heterocycles. The zero-order valence-corrected chi connectivity index (χ0v) is 9.34. The highest BCUT2D eigenvalue weighted by molar-refractivity contribution is 5.70. The van der Waals surface area contributed by atoms with E-state index in [0.717, 1.165) is 25.3 Å². The molecular weight excluding hydrogens is 204 g/mol. The van der Waals surface area contributed by atoms with Gasteiger partial charge in [-0.05, 0) is 18.1 Å². The summed E-state index contributed by atoms with van der Waals surface area (Å²) in [5.74, 6) is -0.635. The standard InChI is InChI=1S/C12H16N2O2/c1-9(12(15)16)10-6-14(7-10)8-11-4-2-3-5-13-11/h2-5,9-10H,6-8H2,1H3,(H,15,16). The molecule has 86 valence electrons. The molecule has 1 aromatic heterocycles. The maximum atomic E-state index is 10.8. The van der Waals surface area contributed by atoms with Gasteiger partial charge in [0, 0.05) is 25.8 Å². The van der Waals surface area contributed by atoms with Crippen LogP contribution in [-0.2, 0) is 11.3 Å². The van der Waals surface area contributed by atoms with E-state index >= 15 is 0 Å². The normalized spacial score (nSPS) is 19.1. The van der Waals surface area contributed by atoms with Crippen LogP contribution in [-0.4, -0.2) is 34.0 Å². The van der Waals surface area contributed by atoms with Gasteiger partial charge in [0.25, 0.3) is 0 Å². The Balaban J connectivity index is 1.79. The highest BCUT2D eigenvalue weighted by Crippen LogP contribution is 2.25. The number of hydrogen-bond acceptors (Lipinski definition) is 3. The quantitative estimate of drug-likeness (QED) is 0.829. The van der Waals surface area contributed by atoms with Gasteiger partial charge in [0.15, 0.2) is 0 Å². The first-order valence-corrected chi connectivity index (χ1v) is 5.52. The van der Waals surface area contributed by atoms with Gasteiger partial charge in [0.05, 0.1) is 11.6 Å². The molecule has 0 bridgehead atoms. The highest BCUT2D eigenvalue weighted by atomic mass is 16.4. The maximum Gasteiger partial charge on any atom is 0.306 e. The van der Waals surface area contributed by atoms with Gasteiger partial charge < -0.3 is 5.11 Å². The number of aliphatic carboxylic acids is 1. The third kappa shape index (κ3) is 2.39. The van der Waals surface area contributed by atoms with E-state index in [1.807, 2.05) is 18.2 Å². The molecule has 0 spiro atoms. The van der Waals surface area contributed by atoms with Gasteiger partial charge in [-0.3, -0.25) is 14.7 Å². The van der Waals surface area contributed by atoms with Crippen LogP contribution in [0.25, 0.3) is 0 Å². The largest absolute Gasteiger partial charge is 0.481 e. The smallest absolute Gasteiger partial charge is 0.306 e. The zero-order chi connectivity index (χ0) is 11.5. The van der Waals surface area contributed by atoms with Crippen molar-refractivity contribution in [3.05, 3.63) is 30.1 Å². The van der Waals surface area contributed by atoms with Crippen molar-refractivity contribution >= 4 is 5.97 Å². The minimum Gasteiger partial charge on any atom is -0.481 e. The van der Waals surface area contributed by atoms with E-state index in [2.05, 4.69) is 9.88 Å². The fourth-order valence-electron chi connectivity index (χ4n) is 1.98. The summed E-state index contributed by atoms with van der Waals surface area (Å²) in [7, 11) is 0. The molecule has 1 aromatic rings. The second-order valence-corrected chi connectivity index (χ2v) is 4.40. The Kier molecular flexibility index (Phi) is 3.19.